The van der Waals surface area contributed by atoms with E-state index in [4.69, 9.17) is 0 Å². The summed E-state index contributed by atoms with van der Waals surface area (Å²) in [5.41, 5.74) is 2.51. The highest BCUT2D eigenvalue weighted by Crippen LogP contribution is 2.28. The topological polar surface area (TPSA) is 46.1 Å². The first-order chi connectivity index (χ1) is 10.8. The van der Waals surface area contributed by atoms with Crippen molar-refractivity contribution >= 4 is 22.4 Å². The first-order valence-corrected chi connectivity index (χ1v) is 7.90. The number of thiazole rings is 1. The van der Waals surface area contributed by atoms with Gasteiger partial charge in [-0.3, -0.25) is 14.7 Å². The number of amides is 1. The van der Waals surface area contributed by atoms with Crippen LogP contribution in [0.4, 0.5) is 5.13 Å². The lowest BCUT2D eigenvalue weighted by atomic mass is 10.2. The molecule has 0 spiro atoms. The molecule has 2 aromatic heterocycles. The fourth-order valence-corrected chi connectivity index (χ4v) is 3.04. The minimum Gasteiger partial charge on any atom is -0.284 e. The Hall–Kier alpha value is -2.53. The fraction of sp³-hybridized carbons (Fsp3) is 0.118. The van der Waals surface area contributed by atoms with Crippen molar-refractivity contribution in [3.63, 3.8) is 0 Å². The van der Waals surface area contributed by atoms with Gasteiger partial charge in [0, 0.05) is 29.9 Å². The molecule has 0 radical (unpaired) electrons. The van der Waals surface area contributed by atoms with Crippen LogP contribution in [-0.4, -0.2) is 22.4 Å². The summed E-state index contributed by atoms with van der Waals surface area (Å²) in [5.74, 6) is -0.0791. The second kappa shape index (κ2) is 6.49. The molecule has 5 heteroatoms. The predicted molar refractivity (Wildman–Crippen MR) is 89.1 cm³/mol. The van der Waals surface area contributed by atoms with Crippen molar-refractivity contribution < 1.29 is 4.79 Å². The van der Waals surface area contributed by atoms with Crippen molar-refractivity contribution in [1.29, 1.82) is 0 Å². The van der Waals surface area contributed by atoms with E-state index < -0.39 is 0 Å². The number of aromatic nitrogens is 2. The molecule has 3 rings (SSSR count). The van der Waals surface area contributed by atoms with E-state index in [-0.39, 0.29) is 5.91 Å². The minimum atomic E-state index is -0.0791. The number of carbonyl (C=O) groups is 1. The van der Waals surface area contributed by atoms with Gasteiger partial charge in [-0.2, -0.15) is 0 Å². The maximum Gasteiger partial charge on any atom is 0.261 e. The fourth-order valence-electron chi connectivity index (χ4n) is 2.14. The summed E-state index contributed by atoms with van der Waals surface area (Å²) in [6, 6.07) is 13.5. The molecule has 0 bridgehead atoms. The summed E-state index contributed by atoms with van der Waals surface area (Å²) in [6.07, 6.45) is 3.24. The largest absolute Gasteiger partial charge is 0.284 e. The van der Waals surface area contributed by atoms with Crippen molar-refractivity contribution in [2.24, 2.45) is 0 Å². The average molecular weight is 309 g/mol. The van der Waals surface area contributed by atoms with Crippen LogP contribution in [0.1, 0.15) is 17.3 Å². The van der Waals surface area contributed by atoms with Gasteiger partial charge in [0.15, 0.2) is 5.13 Å². The predicted octanol–water partition coefficient (Wildman–Crippen LogP) is 3.87. The molecule has 0 atom stereocenters. The van der Waals surface area contributed by atoms with Crippen molar-refractivity contribution in [3.8, 4) is 11.3 Å². The van der Waals surface area contributed by atoms with E-state index in [0.29, 0.717) is 17.2 Å². The second-order valence-electron chi connectivity index (χ2n) is 4.67. The Morgan fingerprint density at radius 1 is 1.18 bits per heavy atom. The molecule has 1 aromatic carbocycles. The smallest absolute Gasteiger partial charge is 0.261 e. The molecule has 0 saturated heterocycles. The number of pyridine rings is 1. The second-order valence-corrected chi connectivity index (χ2v) is 5.51. The Morgan fingerprint density at radius 2 is 2.00 bits per heavy atom. The van der Waals surface area contributed by atoms with E-state index in [1.807, 2.05) is 42.6 Å². The molecule has 0 aliphatic rings. The van der Waals surface area contributed by atoms with Crippen LogP contribution in [0.15, 0.2) is 60.2 Å². The lowest BCUT2D eigenvalue weighted by Crippen LogP contribution is -2.30. The quantitative estimate of drug-likeness (QED) is 0.735. The Balaban J connectivity index is 1.89. The van der Waals surface area contributed by atoms with Crippen LogP contribution in [0.2, 0.25) is 0 Å². The third-order valence-corrected chi connectivity index (χ3v) is 4.13. The summed E-state index contributed by atoms with van der Waals surface area (Å²) in [5, 5.41) is 2.68. The summed E-state index contributed by atoms with van der Waals surface area (Å²) in [6.45, 7) is 2.51. The van der Waals surface area contributed by atoms with E-state index in [9.17, 15) is 4.79 Å². The molecule has 110 valence electrons. The van der Waals surface area contributed by atoms with Crippen LogP contribution in [-0.2, 0) is 0 Å². The number of nitrogens with zero attached hydrogens (tertiary/aromatic N) is 3. The van der Waals surface area contributed by atoms with E-state index in [2.05, 4.69) is 9.97 Å². The number of hydrogen-bond acceptors (Lipinski definition) is 4. The molecule has 0 N–H and O–H groups in total. The lowest BCUT2D eigenvalue weighted by molar-refractivity contribution is 0.0988. The van der Waals surface area contributed by atoms with Crippen LogP contribution in [0.5, 0.6) is 0 Å². The zero-order chi connectivity index (χ0) is 15.4. The first kappa shape index (κ1) is 14.4. The molecular formula is C17H15N3OS. The van der Waals surface area contributed by atoms with Gasteiger partial charge >= 0.3 is 0 Å². The van der Waals surface area contributed by atoms with E-state index >= 15 is 0 Å². The Labute approximate surface area is 133 Å². The van der Waals surface area contributed by atoms with Gasteiger partial charge in [0.05, 0.1) is 11.3 Å². The highest BCUT2D eigenvalue weighted by Gasteiger charge is 2.19. The molecule has 0 aliphatic carbocycles. The molecule has 0 unspecified atom stereocenters. The van der Waals surface area contributed by atoms with Crippen LogP contribution in [0.25, 0.3) is 11.3 Å². The number of hydrogen-bond donors (Lipinski definition) is 0. The van der Waals surface area contributed by atoms with Gasteiger partial charge in [-0.05, 0) is 19.1 Å². The molecular weight excluding hydrogens is 294 g/mol. The summed E-state index contributed by atoms with van der Waals surface area (Å²) < 4.78 is 0. The van der Waals surface area contributed by atoms with E-state index in [1.165, 1.54) is 11.3 Å². The Morgan fingerprint density at radius 3 is 2.68 bits per heavy atom. The maximum absolute atomic E-state index is 12.6. The molecule has 2 heterocycles. The Bertz CT molecular complexity index is 756. The molecule has 0 saturated carbocycles. The normalized spacial score (nSPS) is 10.4. The third-order valence-electron chi connectivity index (χ3n) is 3.26. The third kappa shape index (κ3) is 2.89. The molecule has 4 nitrogen and oxygen atoms in total. The monoisotopic (exact) mass is 309 g/mol. The number of benzene rings is 1. The Kier molecular flexibility index (Phi) is 4.25. The molecule has 1 amide bonds. The van der Waals surface area contributed by atoms with Gasteiger partial charge in [-0.15, -0.1) is 11.3 Å². The van der Waals surface area contributed by atoms with Gasteiger partial charge in [0.25, 0.3) is 5.91 Å². The first-order valence-electron chi connectivity index (χ1n) is 7.02. The minimum absolute atomic E-state index is 0.0791. The van der Waals surface area contributed by atoms with E-state index in [1.54, 1.807) is 29.4 Å². The van der Waals surface area contributed by atoms with Crippen molar-refractivity contribution in [1.82, 2.24) is 9.97 Å². The SMILES string of the molecule is CCN(C(=O)c1cccnc1)c1nc(-c2ccccc2)cs1. The molecule has 0 aliphatic heterocycles. The molecule has 3 aromatic rings. The summed E-state index contributed by atoms with van der Waals surface area (Å²) >= 11 is 1.47. The highest BCUT2D eigenvalue weighted by atomic mass is 32.1. The van der Waals surface area contributed by atoms with Gasteiger partial charge in [-0.1, -0.05) is 30.3 Å². The van der Waals surface area contributed by atoms with Crippen LogP contribution < -0.4 is 4.90 Å². The molecule has 22 heavy (non-hydrogen) atoms. The van der Waals surface area contributed by atoms with Crippen LogP contribution in [0, 0.1) is 0 Å². The van der Waals surface area contributed by atoms with E-state index in [0.717, 1.165) is 11.3 Å². The maximum atomic E-state index is 12.6. The highest BCUT2D eigenvalue weighted by molar-refractivity contribution is 7.14. The van der Waals surface area contributed by atoms with Crippen molar-refractivity contribution in [3.05, 3.63) is 65.8 Å². The number of carbonyl (C=O) groups excluding carboxylic acids is 1. The van der Waals surface area contributed by atoms with Gasteiger partial charge in [-0.25, -0.2) is 4.98 Å². The summed E-state index contributed by atoms with van der Waals surface area (Å²) in [4.78, 5) is 22.9. The zero-order valence-electron chi connectivity index (χ0n) is 12.1. The lowest BCUT2D eigenvalue weighted by Gasteiger charge is -2.17. The zero-order valence-corrected chi connectivity index (χ0v) is 13.0. The van der Waals surface area contributed by atoms with Crippen LogP contribution in [0.3, 0.4) is 0 Å². The van der Waals surface area contributed by atoms with Gasteiger partial charge < -0.3 is 0 Å². The molecule has 0 fully saturated rings. The van der Waals surface area contributed by atoms with Crippen molar-refractivity contribution in [2.75, 3.05) is 11.4 Å². The number of rotatable bonds is 4. The standard InChI is InChI=1S/C17H15N3OS/c1-2-20(16(21)14-9-6-10-18-11-14)17-19-15(12-22-17)13-7-4-3-5-8-13/h3-12H,2H2,1H3. The van der Waals surface area contributed by atoms with Gasteiger partial charge in [0.2, 0.25) is 0 Å². The van der Waals surface area contributed by atoms with Crippen molar-refractivity contribution in [2.45, 2.75) is 6.92 Å². The average Bonchev–Trinajstić information content (AvgIpc) is 3.07. The van der Waals surface area contributed by atoms with Gasteiger partial charge in [0.1, 0.15) is 0 Å². The number of anilines is 1. The van der Waals surface area contributed by atoms with Crippen LogP contribution >= 0.6 is 11.3 Å². The summed E-state index contributed by atoms with van der Waals surface area (Å²) in [7, 11) is 0.